The fourth-order valence-corrected chi connectivity index (χ4v) is 2.74. The van der Waals surface area contributed by atoms with Crippen LogP contribution in [-0.2, 0) is 27.3 Å². The van der Waals surface area contributed by atoms with Gasteiger partial charge in [0.2, 0.25) is 11.3 Å². The molecule has 2 aliphatic heterocycles. The van der Waals surface area contributed by atoms with E-state index in [0.717, 1.165) is 16.7 Å². The summed E-state index contributed by atoms with van der Waals surface area (Å²) in [4.78, 5) is 24.2. The van der Waals surface area contributed by atoms with Crippen molar-refractivity contribution in [1.29, 1.82) is 0 Å². The van der Waals surface area contributed by atoms with E-state index in [4.69, 9.17) is 4.74 Å². The molecule has 0 aliphatic carbocycles. The van der Waals surface area contributed by atoms with Crippen LogP contribution in [0.1, 0.15) is 40.9 Å². The molecule has 0 aromatic heterocycles. The number of rotatable bonds is 7. The van der Waals surface area contributed by atoms with Crippen LogP contribution in [0, 0.1) is 0 Å². The van der Waals surface area contributed by atoms with Gasteiger partial charge in [-0.25, -0.2) is 0 Å². The summed E-state index contributed by atoms with van der Waals surface area (Å²) in [5.74, 6) is -0.687. The van der Waals surface area contributed by atoms with Crippen LogP contribution in [0.15, 0.2) is 69.0 Å². The van der Waals surface area contributed by atoms with E-state index in [-0.39, 0.29) is 18.8 Å². The van der Waals surface area contributed by atoms with Crippen LogP contribution in [0.3, 0.4) is 0 Å². The molecule has 2 heterocycles. The Hall–Kier alpha value is -3.22. The maximum atomic E-state index is 12.2. The summed E-state index contributed by atoms with van der Waals surface area (Å²) in [6, 6.07) is 14.5. The minimum Gasteiger partial charge on any atom is -0.457 e. The van der Waals surface area contributed by atoms with Gasteiger partial charge in [-0.3, -0.25) is 9.59 Å². The number of ketones is 1. The van der Waals surface area contributed by atoms with Gasteiger partial charge >= 0.3 is 5.97 Å². The highest BCUT2D eigenvalue weighted by Gasteiger charge is 2.36. The number of carbonyl (C=O) groups is 2. The van der Waals surface area contributed by atoms with Gasteiger partial charge in [-0.05, 0) is 19.4 Å². The average molecular weight is 362 g/mol. The van der Waals surface area contributed by atoms with Crippen molar-refractivity contribution in [3.8, 4) is 0 Å². The first-order valence-electron chi connectivity index (χ1n) is 8.65. The second-order valence-electron chi connectivity index (χ2n) is 6.98. The maximum absolute atomic E-state index is 12.2. The third kappa shape index (κ3) is 3.67. The Morgan fingerprint density at radius 3 is 1.78 bits per heavy atom. The number of carbonyl (C=O) groups excluding carboxylic acids is 2. The van der Waals surface area contributed by atoms with Crippen molar-refractivity contribution in [3.05, 3.63) is 70.8 Å². The van der Waals surface area contributed by atoms with Gasteiger partial charge in [0.15, 0.2) is 12.4 Å². The molecule has 0 unspecified atom stereocenters. The molecule has 4 rings (SSSR count). The molecule has 0 amide bonds. The van der Waals surface area contributed by atoms with Gasteiger partial charge in [0.1, 0.15) is 0 Å². The van der Waals surface area contributed by atoms with Gasteiger partial charge in [-0.2, -0.15) is 20.5 Å². The van der Waals surface area contributed by atoms with Crippen LogP contribution in [0.25, 0.3) is 0 Å². The summed E-state index contributed by atoms with van der Waals surface area (Å²) >= 11 is 0. The molecule has 0 saturated carbocycles. The van der Waals surface area contributed by atoms with E-state index in [9.17, 15) is 9.59 Å². The lowest BCUT2D eigenvalue weighted by molar-refractivity contribution is -0.141. The zero-order valence-corrected chi connectivity index (χ0v) is 15.0. The highest BCUT2D eigenvalue weighted by atomic mass is 16.5. The first-order chi connectivity index (χ1) is 12.9. The Balaban J connectivity index is 1.27. The van der Waals surface area contributed by atoms with Gasteiger partial charge in [-0.15, -0.1) is 0 Å². The Bertz CT molecular complexity index is 950. The number of hydrogen-bond donors (Lipinski definition) is 0. The van der Waals surface area contributed by atoms with E-state index in [0.29, 0.717) is 5.56 Å². The summed E-state index contributed by atoms with van der Waals surface area (Å²) in [7, 11) is 0. The molecule has 0 radical (unpaired) electrons. The topological polar surface area (TPSA) is 92.8 Å². The number of ether oxygens (including phenoxy) is 1. The Labute approximate surface area is 156 Å². The number of nitrogens with zero attached hydrogens (tertiary/aromatic N) is 4. The zero-order valence-electron chi connectivity index (χ0n) is 15.0. The van der Waals surface area contributed by atoms with Crippen LogP contribution in [-0.4, -0.2) is 18.4 Å². The van der Waals surface area contributed by atoms with Crippen molar-refractivity contribution in [2.45, 2.75) is 31.6 Å². The van der Waals surface area contributed by atoms with Crippen molar-refractivity contribution in [3.63, 3.8) is 0 Å². The third-order valence-electron chi connectivity index (χ3n) is 4.77. The molecule has 0 fully saturated rings. The van der Waals surface area contributed by atoms with Crippen molar-refractivity contribution >= 4 is 11.8 Å². The highest BCUT2D eigenvalue weighted by molar-refractivity contribution is 5.98. The van der Waals surface area contributed by atoms with Crippen molar-refractivity contribution in [2.75, 3.05) is 6.61 Å². The molecule has 7 heteroatoms. The van der Waals surface area contributed by atoms with Gasteiger partial charge in [0.25, 0.3) is 0 Å². The van der Waals surface area contributed by atoms with Crippen molar-refractivity contribution in [1.82, 2.24) is 0 Å². The van der Waals surface area contributed by atoms with E-state index in [1.807, 2.05) is 50.2 Å². The molecule has 0 atom stereocenters. The normalized spacial score (nSPS) is 17.4. The molecule has 136 valence electrons. The fourth-order valence-electron chi connectivity index (χ4n) is 2.74. The lowest BCUT2D eigenvalue weighted by atomic mass is 10.0. The molecule has 2 aliphatic rings. The molecule has 2 aromatic rings. The molecular formula is C20H18N4O3. The van der Waals surface area contributed by atoms with E-state index < -0.39 is 17.3 Å². The van der Waals surface area contributed by atoms with Crippen LogP contribution in [0.4, 0.5) is 0 Å². The SMILES string of the molecule is CC1(c2ccc(CC(=O)OCC(=O)c3ccc(C4(C)N=N4)cc3)cc2)N=N1. The average Bonchev–Trinajstić information content (AvgIpc) is 3.60. The molecule has 0 saturated heterocycles. The minimum absolute atomic E-state index is 0.110. The number of Topliss-reactive ketones (excluding diaryl/α,β-unsaturated/α-hetero) is 1. The standard InChI is InChI=1S/C20H18N4O3/c1-19(21-22-19)15-7-3-13(4-8-15)11-18(26)27-12-17(25)14-5-9-16(10-6-14)20(2)23-24-20/h3-10H,11-12H2,1-2H3. The molecule has 0 N–H and O–H groups in total. The lowest BCUT2D eigenvalue weighted by Crippen LogP contribution is -2.16. The second-order valence-corrected chi connectivity index (χ2v) is 6.98. The Morgan fingerprint density at radius 2 is 1.30 bits per heavy atom. The van der Waals surface area contributed by atoms with Gasteiger partial charge in [-0.1, -0.05) is 48.5 Å². The molecule has 0 spiro atoms. The minimum atomic E-state index is -0.470. The second kappa shape index (κ2) is 6.19. The third-order valence-corrected chi connectivity index (χ3v) is 4.77. The van der Waals surface area contributed by atoms with Crippen LogP contribution in [0.2, 0.25) is 0 Å². The predicted octanol–water partition coefficient (Wildman–Crippen LogP) is 3.93. The molecule has 0 bridgehead atoms. The molecular weight excluding hydrogens is 344 g/mol. The van der Waals surface area contributed by atoms with E-state index in [2.05, 4.69) is 20.5 Å². The van der Waals surface area contributed by atoms with E-state index in [1.54, 1.807) is 12.1 Å². The van der Waals surface area contributed by atoms with Gasteiger partial charge in [0.05, 0.1) is 6.42 Å². The number of esters is 1. The Kier molecular flexibility index (Phi) is 3.95. The highest BCUT2D eigenvalue weighted by Crippen LogP contribution is 2.39. The Morgan fingerprint density at radius 1 is 0.815 bits per heavy atom. The smallest absolute Gasteiger partial charge is 0.310 e. The largest absolute Gasteiger partial charge is 0.457 e. The summed E-state index contributed by atoms with van der Waals surface area (Å²) in [6.07, 6.45) is 0.110. The van der Waals surface area contributed by atoms with Crippen molar-refractivity contribution in [2.24, 2.45) is 20.5 Å². The molecule has 27 heavy (non-hydrogen) atoms. The van der Waals surface area contributed by atoms with Crippen molar-refractivity contribution < 1.29 is 14.3 Å². The maximum Gasteiger partial charge on any atom is 0.310 e. The summed E-state index contributed by atoms with van der Waals surface area (Å²) in [5, 5.41) is 15.9. The number of hydrogen-bond acceptors (Lipinski definition) is 7. The van der Waals surface area contributed by atoms with E-state index in [1.165, 1.54) is 0 Å². The first-order valence-corrected chi connectivity index (χ1v) is 8.65. The summed E-state index contributed by atoms with van der Waals surface area (Å²) < 4.78 is 5.12. The number of benzene rings is 2. The van der Waals surface area contributed by atoms with E-state index >= 15 is 0 Å². The molecule has 7 nitrogen and oxygen atoms in total. The molecule has 2 aromatic carbocycles. The fraction of sp³-hybridized carbons (Fsp3) is 0.300. The quantitative estimate of drug-likeness (QED) is 0.552. The lowest BCUT2D eigenvalue weighted by Gasteiger charge is -2.08. The summed E-state index contributed by atoms with van der Waals surface area (Å²) in [5.41, 5.74) is 2.32. The van der Waals surface area contributed by atoms with Crippen LogP contribution < -0.4 is 0 Å². The zero-order chi connectivity index (χ0) is 19.1. The van der Waals surface area contributed by atoms with Gasteiger partial charge < -0.3 is 4.74 Å². The first kappa shape index (κ1) is 17.2. The van der Waals surface area contributed by atoms with Crippen LogP contribution in [0.5, 0.6) is 0 Å². The van der Waals surface area contributed by atoms with Crippen LogP contribution >= 0.6 is 0 Å². The van der Waals surface area contributed by atoms with Gasteiger partial charge in [0, 0.05) is 16.7 Å². The predicted molar refractivity (Wildman–Crippen MR) is 96.3 cm³/mol. The summed E-state index contributed by atoms with van der Waals surface area (Å²) in [6.45, 7) is 3.54. The monoisotopic (exact) mass is 362 g/mol.